The first-order chi connectivity index (χ1) is 16.4. The van der Waals surface area contributed by atoms with E-state index in [-0.39, 0.29) is 18.4 Å². The second-order valence-corrected chi connectivity index (χ2v) is 8.37. The van der Waals surface area contributed by atoms with Gasteiger partial charge < -0.3 is 15.4 Å². The molecule has 1 saturated heterocycles. The zero-order valence-electron chi connectivity index (χ0n) is 19.2. The smallest absolute Gasteiger partial charge is 0.411 e. The largest absolute Gasteiger partial charge is 0.438 e. The zero-order valence-corrected chi connectivity index (χ0v) is 19.2. The standard InChI is InChI=1S/C27H27N3O4/c1-18-7-6-10-21(15-18)17-30-24(26(32)28-16-20-8-4-3-5-9-20)25(34-27(30)33)22-11-13-23(14-12-22)29-19(2)31/h3-15,24-25H,16-17H2,1-2H3,(H,28,32)(H,29,31). The lowest BCUT2D eigenvalue weighted by Gasteiger charge is -2.24. The fourth-order valence-corrected chi connectivity index (χ4v) is 4.07. The van der Waals surface area contributed by atoms with Gasteiger partial charge in [-0.25, -0.2) is 4.79 Å². The minimum Gasteiger partial charge on any atom is -0.438 e. The molecular formula is C27H27N3O4. The number of benzene rings is 3. The lowest BCUT2D eigenvalue weighted by Crippen LogP contribution is -2.46. The molecule has 1 aliphatic heterocycles. The van der Waals surface area contributed by atoms with Gasteiger partial charge in [0.15, 0.2) is 12.1 Å². The van der Waals surface area contributed by atoms with Crippen LogP contribution in [0.25, 0.3) is 0 Å². The fraction of sp³-hybridized carbons (Fsp3) is 0.222. The summed E-state index contributed by atoms with van der Waals surface area (Å²) in [4.78, 5) is 39.1. The molecule has 2 N–H and O–H groups in total. The quantitative estimate of drug-likeness (QED) is 0.553. The van der Waals surface area contributed by atoms with E-state index in [0.717, 1.165) is 16.7 Å². The summed E-state index contributed by atoms with van der Waals surface area (Å²) in [6.07, 6.45) is -1.32. The van der Waals surface area contributed by atoms with E-state index < -0.39 is 18.2 Å². The summed E-state index contributed by atoms with van der Waals surface area (Å²) in [5.41, 5.74) is 4.25. The molecule has 3 aromatic rings. The van der Waals surface area contributed by atoms with Crippen LogP contribution in [-0.4, -0.2) is 28.8 Å². The molecule has 0 spiro atoms. The number of hydrogen-bond donors (Lipinski definition) is 2. The van der Waals surface area contributed by atoms with Gasteiger partial charge in [0.25, 0.3) is 0 Å². The lowest BCUT2D eigenvalue weighted by molar-refractivity contribution is -0.126. The fourth-order valence-electron chi connectivity index (χ4n) is 4.07. The summed E-state index contributed by atoms with van der Waals surface area (Å²) in [5.74, 6) is -0.471. The van der Waals surface area contributed by atoms with Crippen LogP contribution in [-0.2, 0) is 27.4 Å². The molecule has 1 fully saturated rings. The highest BCUT2D eigenvalue weighted by molar-refractivity contribution is 5.90. The monoisotopic (exact) mass is 457 g/mol. The predicted molar refractivity (Wildman–Crippen MR) is 129 cm³/mol. The number of nitrogens with one attached hydrogen (secondary N) is 2. The van der Waals surface area contributed by atoms with E-state index in [1.165, 1.54) is 11.8 Å². The van der Waals surface area contributed by atoms with Crippen molar-refractivity contribution < 1.29 is 19.1 Å². The van der Waals surface area contributed by atoms with Crippen LogP contribution in [0.4, 0.5) is 10.5 Å². The van der Waals surface area contributed by atoms with Gasteiger partial charge in [0.1, 0.15) is 0 Å². The van der Waals surface area contributed by atoms with Crippen molar-refractivity contribution >= 4 is 23.6 Å². The summed E-state index contributed by atoms with van der Waals surface area (Å²) in [7, 11) is 0. The molecule has 34 heavy (non-hydrogen) atoms. The Labute approximate surface area is 198 Å². The van der Waals surface area contributed by atoms with Gasteiger partial charge in [0, 0.05) is 19.2 Å². The third-order valence-electron chi connectivity index (χ3n) is 5.66. The molecule has 0 radical (unpaired) electrons. The van der Waals surface area contributed by atoms with Gasteiger partial charge in [-0.05, 0) is 35.7 Å². The second-order valence-electron chi connectivity index (χ2n) is 8.37. The number of ether oxygens (including phenoxy) is 1. The van der Waals surface area contributed by atoms with Crippen molar-refractivity contribution in [1.29, 1.82) is 0 Å². The first-order valence-corrected chi connectivity index (χ1v) is 11.1. The normalized spacial score (nSPS) is 17.2. The van der Waals surface area contributed by atoms with Crippen LogP contribution < -0.4 is 10.6 Å². The molecule has 1 heterocycles. The van der Waals surface area contributed by atoms with E-state index in [1.807, 2.05) is 61.5 Å². The van der Waals surface area contributed by atoms with Gasteiger partial charge in [-0.3, -0.25) is 14.5 Å². The van der Waals surface area contributed by atoms with Crippen LogP contribution in [0.3, 0.4) is 0 Å². The van der Waals surface area contributed by atoms with Gasteiger partial charge in [-0.2, -0.15) is 0 Å². The molecule has 1 aliphatic rings. The topological polar surface area (TPSA) is 87.7 Å². The van der Waals surface area contributed by atoms with Crippen molar-refractivity contribution in [3.8, 4) is 0 Å². The molecule has 0 aromatic heterocycles. The van der Waals surface area contributed by atoms with Crippen LogP contribution in [0.1, 0.15) is 35.3 Å². The minimum absolute atomic E-state index is 0.178. The van der Waals surface area contributed by atoms with Gasteiger partial charge >= 0.3 is 6.09 Å². The number of anilines is 1. The summed E-state index contributed by atoms with van der Waals surface area (Å²) in [6.45, 7) is 4.01. The Morgan fingerprint density at radius 1 is 0.941 bits per heavy atom. The molecule has 2 unspecified atom stereocenters. The maximum Gasteiger partial charge on any atom is 0.411 e. The van der Waals surface area contributed by atoms with Crippen molar-refractivity contribution in [3.05, 3.63) is 101 Å². The van der Waals surface area contributed by atoms with E-state index >= 15 is 0 Å². The summed E-state index contributed by atoms with van der Waals surface area (Å²) in [5, 5.41) is 5.67. The molecular weight excluding hydrogens is 430 g/mol. The molecule has 7 heteroatoms. The summed E-state index contributed by atoms with van der Waals surface area (Å²) < 4.78 is 5.71. The van der Waals surface area contributed by atoms with Crippen LogP contribution in [0.5, 0.6) is 0 Å². The lowest BCUT2D eigenvalue weighted by atomic mass is 10.00. The summed E-state index contributed by atoms with van der Waals surface area (Å²) >= 11 is 0. The van der Waals surface area contributed by atoms with Crippen molar-refractivity contribution in [1.82, 2.24) is 10.2 Å². The first kappa shape index (κ1) is 23.0. The molecule has 2 atom stereocenters. The van der Waals surface area contributed by atoms with Crippen molar-refractivity contribution in [2.45, 2.75) is 39.1 Å². The third kappa shape index (κ3) is 5.43. The maximum absolute atomic E-state index is 13.4. The summed E-state index contributed by atoms with van der Waals surface area (Å²) in [6, 6.07) is 23.6. The van der Waals surface area contributed by atoms with Crippen LogP contribution >= 0.6 is 0 Å². The number of carbonyl (C=O) groups is 3. The Morgan fingerprint density at radius 2 is 1.65 bits per heavy atom. The molecule has 3 aromatic carbocycles. The number of cyclic esters (lactones) is 1. The number of nitrogens with zero attached hydrogens (tertiary/aromatic N) is 1. The van der Waals surface area contributed by atoms with Gasteiger partial charge in [0.2, 0.25) is 11.8 Å². The maximum atomic E-state index is 13.4. The molecule has 0 saturated carbocycles. The van der Waals surface area contributed by atoms with Crippen LogP contribution in [0.2, 0.25) is 0 Å². The number of amides is 3. The highest BCUT2D eigenvalue weighted by Gasteiger charge is 2.46. The zero-order chi connectivity index (χ0) is 24.1. The predicted octanol–water partition coefficient (Wildman–Crippen LogP) is 4.33. The molecule has 174 valence electrons. The van der Waals surface area contributed by atoms with Crippen molar-refractivity contribution in [2.24, 2.45) is 0 Å². The average Bonchev–Trinajstić information content (AvgIpc) is 3.14. The van der Waals surface area contributed by atoms with Crippen LogP contribution in [0.15, 0.2) is 78.9 Å². The Morgan fingerprint density at radius 3 is 2.32 bits per heavy atom. The Hall–Kier alpha value is -4.13. The number of carbonyl (C=O) groups excluding carboxylic acids is 3. The highest BCUT2D eigenvalue weighted by atomic mass is 16.6. The Kier molecular flexibility index (Phi) is 6.92. The van der Waals surface area contributed by atoms with E-state index in [2.05, 4.69) is 10.6 Å². The third-order valence-corrected chi connectivity index (χ3v) is 5.66. The van der Waals surface area contributed by atoms with Crippen LogP contribution in [0, 0.1) is 6.92 Å². The molecule has 3 amide bonds. The number of hydrogen-bond acceptors (Lipinski definition) is 4. The Balaban J connectivity index is 1.60. The van der Waals surface area contributed by atoms with Gasteiger partial charge in [-0.1, -0.05) is 72.3 Å². The van der Waals surface area contributed by atoms with E-state index in [0.29, 0.717) is 17.8 Å². The highest BCUT2D eigenvalue weighted by Crippen LogP contribution is 2.34. The van der Waals surface area contributed by atoms with Crippen molar-refractivity contribution in [3.63, 3.8) is 0 Å². The number of rotatable bonds is 7. The molecule has 4 rings (SSSR count). The Bertz CT molecular complexity index is 1180. The second kappa shape index (κ2) is 10.2. The number of aryl methyl sites for hydroxylation is 1. The first-order valence-electron chi connectivity index (χ1n) is 11.1. The molecule has 0 aliphatic carbocycles. The minimum atomic E-state index is -0.844. The van der Waals surface area contributed by atoms with E-state index in [1.54, 1.807) is 24.3 Å². The SMILES string of the molecule is CC(=O)Nc1ccc(C2OC(=O)N(Cc3cccc(C)c3)C2C(=O)NCc2ccccc2)cc1. The average molecular weight is 458 g/mol. The molecule has 0 bridgehead atoms. The molecule has 7 nitrogen and oxygen atoms in total. The van der Waals surface area contributed by atoms with E-state index in [4.69, 9.17) is 4.74 Å². The van der Waals surface area contributed by atoms with Gasteiger partial charge in [-0.15, -0.1) is 0 Å². The van der Waals surface area contributed by atoms with E-state index in [9.17, 15) is 14.4 Å². The van der Waals surface area contributed by atoms with Crippen molar-refractivity contribution in [2.75, 3.05) is 5.32 Å². The van der Waals surface area contributed by atoms with Gasteiger partial charge in [0.05, 0.1) is 6.54 Å².